The van der Waals surface area contributed by atoms with Crippen LogP contribution in [0.2, 0.25) is 0 Å². The molecule has 2 heterocycles. The van der Waals surface area contributed by atoms with Crippen LogP contribution in [0.5, 0.6) is 5.75 Å². The molecule has 1 saturated carbocycles. The molecule has 2 saturated heterocycles. The molecule has 4 atom stereocenters. The van der Waals surface area contributed by atoms with Crippen LogP contribution in [0.25, 0.3) is 0 Å². The third kappa shape index (κ3) is 3.06. The van der Waals surface area contributed by atoms with Crippen molar-refractivity contribution < 1.29 is 19.7 Å². The second kappa shape index (κ2) is 7.48. The van der Waals surface area contributed by atoms with Crippen molar-refractivity contribution in [1.82, 2.24) is 15.1 Å². The lowest BCUT2D eigenvalue weighted by Crippen LogP contribution is -2.68. The first-order valence-electron chi connectivity index (χ1n) is 11.3. The van der Waals surface area contributed by atoms with Crippen LogP contribution in [-0.4, -0.2) is 90.5 Å². The van der Waals surface area contributed by atoms with Crippen molar-refractivity contribution in [2.45, 2.75) is 42.7 Å². The number of ether oxygens (including phenoxy) is 1. The second-order valence-corrected chi connectivity index (χ2v) is 9.65. The van der Waals surface area contributed by atoms with Gasteiger partial charge in [-0.15, -0.1) is 0 Å². The Morgan fingerprint density at radius 3 is 2.87 bits per heavy atom. The summed E-state index contributed by atoms with van der Waals surface area (Å²) in [4.78, 5) is 17.7. The molecule has 4 aliphatic rings. The number of benzene rings is 1. The predicted molar refractivity (Wildman–Crippen MR) is 112 cm³/mol. The summed E-state index contributed by atoms with van der Waals surface area (Å²) in [5.74, 6) is 0.0821. The van der Waals surface area contributed by atoms with Crippen molar-refractivity contribution in [3.63, 3.8) is 0 Å². The van der Waals surface area contributed by atoms with E-state index in [0.717, 1.165) is 57.8 Å². The Balaban J connectivity index is 1.35. The maximum atomic E-state index is 13.1. The molecule has 2 aliphatic heterocycles. The fourth-order valence-electron chi connectivity index (χ4n) is 6.59. The molecule has 0 radical (unpaired) electrons. The fraction of sp³-hybridized carbons (Fsp3) is 0.696. The number of carbonyl (C=O) groups is 1. The molecule has 7 heteroatoms. The average Bonchev–Trinajstić information content (AvgIpc) is 3.07. The van der Waals surface area contributed by atoms with E-state index in [1.807, 2.05) is 12.1 Å². The maximum absolute atomic E-state index is 13.1. The van der Waals surface area contributed by atoms with Crippen LogP contribution >= 0.6 is 0 Å². The van der Waals surface area contributed by atoms with Crippen LogP contribution in [0, 0.1) is 5.92 Å². The van der Waals surface area contributed by atoms with E-state index < -0.39 is 11.0 Å². The summed E-state index contributed by atoms with van der Waals surface area (Å²) in [6, 6.07) is 5.57. The molecule has 0 aromatic heterocycles. The molecule has 0 spiro atoms. The molecule has 3 N–H and O–H groups in total. The van der Waals surface area contributed by atoms with E-state index in [2.05, 4.69) is 22.2 Å². The van der Waals surface area contributed by atoms with Gasteiger partial charge in [0.25, 0.3) is 0 Å². The normalized spacial score (nSPS) is 36.2. The summed E-state index contributed by atoms with van der Waals surface area (Å²) < 4.78 is 5.38. The molecule has 164 valence electrons. The Bertz CT molecular complexity index is 827. The van der Waals surface area contributed by atoms with Crippen molar-refractivity contribution >= 4 is 5.91 Å². The molecule has 4 unspecified atom stereocenters. The van der Waals surface area contributed by atoms with Crippen molar-refractivity contribution in [3.8, 4) is 5.75 Å². The molecule has 7 nitrogen and oxygen atoms in total. The second-order valence-electron chi connectivity index (χ2n) is 9.65. The number of likely N-dealkylation sites (N-methyl/N-ethyl adjacent to an activating group) is 1. The number of rotatable bonds is 4. The van der Waals surface area contributed by atoms with Gasteiger partial charge in [-0.3, -0.25) is 9.69 Å². The highest BCUT2D eigenvalue weighted by atomic mass is 16.5. The van der Waals surface area contributed by atoms with E-state index >= 15 is 0 Å². The number of amides is 1. The maximum Gasteiger partial charge on any atom is 0.223 e. The van der Waals surface area contributed by atoms with Crippen molar-refractivity contribution in [2.24, 2.45) is 5.92 Å². The molecule has 1 amide bonds. The van der Waals surface area contributed by atoms with E-state index in [1.165, 1.54) is 5.56 Å². The van der Waals surface area contributed by atoms with E-state index in [0.29, 0.717) is 19.4 Å². The molecule has 3 fully saturated rings. The van der Waals surface area contributed by atoms with Gasteiger partial charge in [0.1, 0.15) is 5.75 Å². The Labute approximate surface area is 178 Å². The van der Waals surface area contributed by atoms with Crippen LogP contribution in [0.1, 0.15) is 30.4 Å². The summed E-state index contributed by atoms with van der Waals surface area (Å²) in [7, 11) is 2.08. The van der Waals surface area contributed by atoms with E-state index in [-0.39, 0.29) is 23.6 Å². The summed E-state index contributed by atoms with van der Waals surface area (Å²) in [5, 5.41) is 25.3. The first-order chi connectivity index (χ1) is 14.4. The number of piperidine rings is 1. The highest BCUT2D eigenvalue weighted by molar-refractivity contribution is 5.80. The molecule has 1 aromatic carbocycles. The summed E-state index contributed by atoms with van der Waals surface area (Å²) in [5.41, 5.74) is 0.857. The van der Waals surface area contributed by atoms with Gasteiger partial charge in [0.2, 0.25) is 5.91 Å². The predicted octanol–water partition coefficient (Wildman–Crippen LogP) is 0.480. The zero-order valence-electron chi connectivity index (χ0n) is 17.8. The van der Waals surface area contributed by atoms with E-state index in [4.69, 9.17) is 4.74 Å². The van der Waals surface area contributed by atoms with E-state index in [9.17, 15) is 15.0 Å². The minimum atomic E-state index is -0.937. The van der Waals surface area contributed by atoms with Gasteiger partial charge in [0, 0.05) is 43.6 Å². The third-order valence-corrected chi connectivity index (χ3v) is 8.18. The lowest BCUT2D eigenvalue weighted by molar-refractivity contribution is -0.129. The lowest BCUT2D eigenvalue weighted by Gasteiger charge is -2.58. The Morgan fingerprint density at radius 1 is 1.27 bits per heavy atom. The fourth-order valence-corrected chi connectivity index (χ4v) is 6.59. The van der Waals surface area contributed by atoms with Gasteiger partial charge < -0.3 is 25.2 Å². The topological polar surface area (TPSA) is 85.3 Å². The number of phenolic OH excluding ortho intramolecular Hbond substituents is 1. The number of carbonyl (C=O) groups excluding carboxylic acids is 1. The first-order valence-corrected chi connectivity index (χ1v) is 11.3. The standard InChI is InChI=1S/C23H33N3O4/c1-25-6-4-22-14-17(21(28)24-5-7-26-8-10-30-11-9-26)15-23(22,29)20(25)12-16-2-3-18(27)13-19(16)22/h2-3,13,17,20,27,29H,4-12,14-15H2,1H3,(H,24,28). The number of phenols is 1. The van der Waals surface area contributed by atoms with Crippen molar-refractivity contribution in [3.05, 3.63) is 29.3 Å². The van der Waals surface area contributed by atoms with Gasteiger partial charge in [-0.05, 0) is 62.5 Å². The minimum absolute atomic E-state index is 0.00874. The number of fused-ring (bicyclic) bond motifs is 1. The van der Waals surface area contributed by atoms with Crippen LogP contribution in [0.15, 0.2) is 18.2 Å². The number of aliphatic hydroxyl groups is 1. The minimum Gasteiger partial charge on any atom is -0.508 e. The van der Waals surface area contributed by atoms with Crippen LogP contribution in [0.4, 0.5) is 0 Å². The number of aromatic hydroxyl groups is 1. The molecule has 2 bridgehead atoms. The van der Waals surface area contributed by atoms with Gasteiger partial charge in [0.05, 0.1) is 18.8 Å². The Morgan fingerprint density at radius 2 is 2.07 bits per heavy atom. The van der Waals surface area contributed by atoms with Gasteiger partial charge in [0.15, 0.2) is 0 Å². The van der Waals surface area contributed by atoms with Crippen LogP contribution in [0.3, 0.4) is 0 Å². The van der Waals surface area contributed by atoms with Crippen LogP contribution in [-0.2, 0) is 21.4 Å². The van der Waals surface area contributed by atoms with Gasteiger partial charge in [-0.2, -0.15) is 0 Å². The quantitative estimate of drug-likeness (QED) is 0.663. The number of hydrogen-bond donors (Lipinski definition) is 3. The summed E-state index contributed by atoms with van der Waals surface area (Å²) >= 11 is 0. The molecular formula is C23H33N3O4. The van der Waals surface area contributed by atoms with Crippen LogP contribution < -0.4 is 5.32 Å². The lowest BCUT2D eigenvalue weighted by atomic mass is 9.56. The highest BCUT2D eigenvalue weighted by Gasteiger charge is 2.67. The monoisotopic (exact) mass is 415 g/mol. The summed E-state index contributed by atoms with van der Waals surface area (Å²) in [6.45, 7) is 5.70. The molecular weight excluding hydrogens is 382 g/mol. The number of hydrogen-bond acceptors (Lipinski definition) is 6. The Hall–Kier alpha value is -1.67. The number of nitrogens with zero attached hydrogens (tertiary/aromatic N) is 2. The molecule has 30 heavy (non-hydrogen) atoms. The zero-order chi connectivity index (χ0) is 20.9. The molecule has 1 aromatic rings. The third-order valence-electron chi connectivity index (χ3n) is 8.18. The smallest absolute Gasteiger partial charge is 0.223 e. The summed E-state index contributed by atoms with van der Waals surface area (Å²) in [6.07, 6.45) is 2.70. The first kappa shape index (κ1) is 20.2. The van der Waals surface area contributed by atoms with Gasteiger partial charge in [-0.1, -0.05) is 6.07 Å². The molecule has 2 aliphatic carbocycles. The van der Waals surface area contributed by atoms with Crippen molar-refractivity contribution in [2.75, 3.05) is 53.0 Å². The van der Waals surface area contributed by atoms with Gasteiger partial charge in [-0.25, -0.2) is 0 Å². The number of nitrogens with one attached hydrogen (secondary N) is 1. The largest absolute Gasteiger partial charge is 0.508 e. The molecule has 5 rings (SSSR count). The average molecular weight is 416 g/mol. The zero-order valence-corrected chi connectivity index (χ0v) is 17.8. The highest BCUT2D eigenvalue weighted by Crippen LogP contribution is 2.61. The number of morpholine rings is 1. The number of likely N-dealkylation sites (tertiary alicyclic amines) is 1. The SMILES string of the molecule is CN1CCC23CC(C(=O)NCCN4CCOCC4)CC2(O)C1Cc1ccc(O)cc13. The Kier molecular flexibility index (Phi) is 5.05. The van der Waals surface area contributed by atoms with Gasteiger partial charge >= 0.3 is 0 Å². The van der Waals surface area contributed by atoms with E-state index in [1.54, 1.807) is 6.07 Å². The van der Waals surface area contributed by atoms with Crippen molar-refractivity contribution in [1.29, 1.82) is 0 Å².